The van der Waals surface area contributed by atoms with E-state index in [1.54, 1.807) is 27.1 Å². The van der Waals surface area contributed by atoms with Gasteiger partial charge in [0.1, 0.15) is 0 Å². The maximum absolute atomic E-state index is 13.4. The summed E-state index contributed by atoms with van der Waals surface area (Å²) in [5.74, 6) is 0. The van der Waals surface area contributed by atoms with E-state index in [-0.39, 0.29) is 0 Å². The summed E-state index contributed by atoms with van der Waals surface area (Å²) in [6, 6.07) is 35.4. The van der Waals surface area contributed by atoms with Crippen LogP contribution in [0.15, 0.2) is 129 Å². The van der Waals surface area contributed by atoms with Crippen LogP contribution in [0.3, 0.4) is 0 Å². The molecule has 2 aliphatic heterocycles. The number of pyridine rings is 1. The van der Waals surface area contributed by atoms with Crippen LogP contribution in [0, 0.1) is 0 Å². The molecule has 0 fully saturated rings. The molecular weight excluding hydrogens is 682 g/mol. The first-order valence-electron chi connectivity index (χ1n) is 14.0. The molecule has 3 aromatic heterocycles. The summed E-state index contributed by atoms with van der Waals surface area (Å²) in [6.45, 7) is 0. The van der Waals surface area contributed by atoms with E-state index in [1.807, 2.05) is 30.5 Å². The van der Waals surface area contributed by atoms with Crippen LogP contribution in [-0.4, -0.2) is 42.4 Å². The quantitative estimate of drug-likeness (QED) is 0.169. The summed E-state index contributed by atoms with van der Waals surface area (Å²) in [6.07, 6.45) is 1.85. The van der Waals surface area contributed by atoms with Gasteiger partial charge in [-0.2, -0.15) is 0 Å². The summed E-state index contributed by atoms with van der Waals surface area (Å²) in [5, 5.41) is 1.12. The molecule has 7 heteroatoms. The maximum atomic E-state index is 13.4. The minimum atomic E-state index is -3.55. The molecule has 0 saturated heterocycles. The second-order valence-electron chi connectivity index (χ2n) is 11.2. The molecule has 4 aromatic carbocycles. The van der Waals surface area contributed by atoms with Gasteiger partial charge in [-0.3, -0.25) is 0 Å². The Morgan fingerprint density at radius 1 is 0.628 bits per heavy atom. The molecule has 0 saturated carbocycles. The molecular formula is C36H20N2O2SSe2. The molecule has 43 heavy (non-hydrogen) atoms. The van der Waals surface area contributed by atoms with Gasteiger partial charge in [0, 0.05) is 0 Å². The number of sulfone groups is 1. The Morgan fingerprint density at radius 3 is 2.21 bits per heavy atom. The Morgan fingerprint density at radius 2 is 1.37 bits per heavy atom. The normalized spacial score (nSPS) is 16.0. The van der Waals surface area contributed by atoms with E-state index in [0.29, 0.717) is 38.8 Å². The number of rotatable bonds is 1. The van der Waals surface area contributed by atoms with Crippen molar-refractivity contribution in [2.45, 2.75) is 15.2 Å². The Kier molecular flexibility index (Phi) is 4.76. The first-order valence-corrected chi connectivity index (χ1v) is 19.2. The van der Waals surface area contributed by atoms with Crippen LogP contribution in [-0.2, 0) is 15.3 Å². The van der Waals surface area contributed by atoms with Gasteiger partial charge in [0.15, 0.2) is 0 Å². The number of aromatic nitrogens is 1. The van der Waals surface area contributed by atoms with Crippen LogP contribution in [0.1, 0.15) is 22.3 Å². The Hall–Kier alpha value is -3.96. The predicted octanol–water partition coefficient (Wildman–Crippen LogP) is 7.31. The number of fused-ring (bicyclic) bond motifs is 13. The van der Waals surface area contributed by atoms with Crippen LogP contribution >= 0.6 is 0 Å². The molecule has 5 heterocycles. The van der Waals surface area contributed by atoms with E-state index in [4.69, 9.17) is 4.98 Å². The van der Waals surface area contributed by atoms with Crippen molar-refractivity contribution in [3.05, 3.63) is 141 Å². The molecule has 204 valence electrons. The average molecular weight is 703 g/mol. The van der Waals surface area contributed by atoms with Gasteiger partial charge in [0.2, 0.25) is 0 Å². The van der Waals surface area contributed by atoms with Crippen molar-refractivity contribution in [1.29, 1.82) is 0 Å². The molecule has 0 atom stereocenters. The van der Waals surface area contributed by atoms with Crippen molar-refractivity contribution in [3.8, 4) is 20.0 Å². The van der Waals surface area contributed by atoms with Crippen molar-refractivity contribution in [1.82, 2.24) is 4.98 Å². The van der Waals surface area contributed by atoms with Crippen LogP contribution in [0.2, 0.25) is 0 Å². The van der Waals surface area contributed by atoms with E-state index in [0.717, 1.165) is 39.1 Å². The Balaban J connectivity index is 1.33. The van der Waals surface area contributed by atoms with E-state index in [2.05, 4.69) is 75.4 Å². The van der Waals surface area contributed by atoms with Gasteiger partial charge in [-0.1, -0.05) is 6.07 Å². The molecule has 10 rings (SSSR count). The van der Waals surface area contributed by atoms with E-state index < -0.39 is 15.3 Å². The fraction of sp³-hybridized carbons (Fsp3) is 0.0278. The van der Waals surface area contributed by atoms with Gasteiger partial charge in [-0.15, -0.1) is 0 Å². The number of nitrogens with zero attached hydrogens (tertiary/aromatic N) is 2. The van der Waals surface area contributed by atoms with Gasteiger partial charge < -0.3 is 0 Å². The molecule has 0 radical (unpaired) electrons. The average Bonchev–Trinajstić information content (AvgIpc) is 3.80. The third kappa shape index (κ3) is 2.92. The molecule has 1 spiro atoms. The summed E-state index contributed by atoms with van der Waals surface area (Å²) in [7, 11) is -3.55. The second-order valence-corrected chi connectivity index (χ2v) is 16.9. The SMILES string of the molecule is O=S1(=O)c2ccccc2-c2cc(N3c4ccccc4C4(c5cc6cccnc6cc53)c3cc[se]c3-c3[se]ccc34)ccc21. The van der Waals surface area contributed by atoms with Crippen molar-refractivity contribution in [3.63, 3.8) is 0 Å². The van der Waals surface area contributed by atoms with E-state index >= 15 is 0 Å². The molecule has 7 aromatic rings. The van der Waals surface area contributed by atoms with Gasteiger partial charge in [-0.05, 0) is 0 Å². The number of para-hydroxylation sites is 1. The zero-order valence-electron chi connectivity index (χ0n) is 22.5. The summed E-state index contributed by atoms with van der Waals surface area (Å²) in [5.41, 5.74) is 10.6. The Bertz CT molecular complexity index is 2420. The summed E-state index contributed by atoms with van der Waals surface area (Å²) >= 11 is 0.660. The molecule has 0 unspecified atom stereocenters. The topological polar surface area (TPSA) is 50.3 Å². The van der Waals surface area contributed by atoms with Crippen LogP contribution < -0.4 is 4.90 Å². The number of hydrogen-bond donors (Lipinski definition) is 0. The molecule has 0 bridgehead atoms. The summed E-state index contributed by atoms with van der Waals surface area (Å²) in [4.78, 5) is 12.6. The number of hydrogen-bond acceptors (Lipinski definition) is 4. The number of anilines is 3. The van der Waals surface area contributed by atoms with Crippen molar-refractivity contribution >= 4 is 66.8 Å². The second kappa shape index (κ2) is 8.35. The van der Waals surface area contributed by atoms with Gasteiger partial charge in [-0.25, -0.2) is 0 Å². The van der Waals surface area contributed by atoms with Crippen LogP contribution in [0.4, 0.5) is 17.1 Å². The standard InChI is InChI=1S/C36H20N2O2SSe2/c39-41(40)32-10-4-1-7-23(32)24-19-22(11-12-33(24)41)38-30-9-3-2-8-25(30)36(26-13-16-42-34(26)35-27(36)14-17-43-35)28-18-21-6-5-15-37-29(21)20-31(28)38/h1-20H. The molecule has 0 amide bonds. The fourth-order valence-corrected chi connectivity index (χ4v) is 14.1. The molecule has 4 nitrogen and oxygen atoms in total. The Labute approximate surface area is 260 Å². The zero-order chi connectivity index (χ0) is 28.5. The van der Waals surface area contributed by atoms with Crippen molar-refractivity contribution < 1.29 is 8.42 Å². The van der Waals surface area contributed by atoms with Gasteiger partial charge in [0.25, 0.3) is 0 Å². The van der Waals surface area contributed by atoms with Crippen LogP contribution in [0.5, 0.6) is 0 Å². The first-order chi connectivity index (χ1) is 21.1. The molecule has 3 aliphatic rings. The van der Waals surface area contributed by atoms with E-state index in [9.17, 15) is 8.42 Å². The van der Waals surface area contributed by atoms with Gasteiger partial charge >= 0.3 is 256 Å². The van der Waals surface area contributed by atoms with Crippen molar-refractivity contribution in [2.75, 3.05) is 4.90 Å². The third-order valence-corrected chi connectivity index (χ3v) is 15.7. The monoisotopic (exact) mass is 704 g/mol. The number of benzene rings is 4. The van der Waals surface area contributed by atoms with Gasteiger partial charge in [0.05, 0.1) is 0 Å². The zero-order valence-corrected chi connectivity index (χ0v) is 26.7. The first kappa shape index (κ1) is 24.5. The third-order valence-electron chi connectivity index (χ3n) is 9.24. The van der Waals surface area contributed by atoms with Crippen molar-refractivity contribution in [2.24, 2.45) is 0 Å². The summed E-state index contributed by atoms with van der Waals surface area (Å²) < 4.78 is 30.0. The minimum absolute atomic E-state index is 0.330. The van der Waals surface area contributed by atoms with E-state index in [1.165, 1.54) is 22.3 Å². The molecule has 0 N–H and O–H groups in total. The fourth-order valence-electron chi connectivity index (χ4n) is 7.56. The predicted molar refractivity (Wildman–Crippen MR) is 172 cm³/mol. The molecule has 1 aliphatic carbocycles. The van der Waals surface area contributed by atoms with Crippen LogP contribution in [0.25, 0.3) is 30.9 Å².